The van der Waals surface area contributed by atoms with Crippen LogP contribution in [-0.4, -0.2) is 61.2 Å². The van der Waals surface area contributed by atoms with E-state index in [1.807, 2.05) is 18.2 Å². The number of hydrogen-bond donors (Lipinski definition) is 2. The summed E-state index contributed by atoms with van der Waals surface area (Å²) < 4.78 is 6.82. The first-order valence-electron chi connectivity index (χ1n) is 11.8. The van der Waals surface area contributed by atoms with Gasteiger partial charge >= 0.3 is 0 Å². The molecular formula is C28H33N7O3. The van der Waals surface area contributed by atoms with Crippen molar-refractivity contribution in [3.8, 4) is 31.4 Å². The summed E-state index contributed by atoms with van der Waals surface area (Å²) in [5, 5.41) is 15.4. The van der Waals surface area contributed by atoms with E-state index in [2.05, 4.69) is 45.7 Å². The van der Waals surface area contributed by atoms with Crippen molar-refractivity contribution in [3.63, 3.8) is 0 Å². The second kappa shape index (κ2) is 13.0. The molecule has 0 fully saturated rings. The molecule has 4 aromatic rings. The molecule has 0 radical (unpaired) electrons. The Morgan fingerprint density at radius 3 is 2.45 bits per heavy atom. The minimum absolute atomic E-state index is 0.158. The number of carbonyl (C=O) groups excluding carboxylic acids is 1. The molecule has 3 aromatic heterocycles. The summed E-state index contributed by atoms with van der Waals surface area (Å²) in [7, 11) is 3.36. The smallest absolute Gasteiger partial charge is 0.272 e. The molecule has 0 saturated heterocycles. The number of methoxy groups -OCH3 is 1. The predicted molar refractivity (Wildman–Crippen MR) is 148 cm³/mol. The second-order valence-electron chi connectivity index (χ2n) is 8.79. The summed E-state index contributed by atoms with van der Waals surface area (Å²) in [6, 6.07) is 8.94. The minimum Gasteiger partial charge on any atom is -0.497 e. The summed E-state index contributed by atoms with van der Waals surface area (Å²) in [5.41, 5.74) is 7.47. The molecule has 0 saturated carbocycles. The first-order chi connectivity index (χ1) is 18.2. The molecule has 0 atom stereocenters. The first kappa shape index (κ1) is 29.6. The van der Waals surface area contributed by atoms with Gasteiger partial charge in [-0.3, -0.25) is 9.78 Å². The molecule has 0 aliphatic heterocycles. The third kappa shape index (κ3) is 6.75. The van der Waals surface area contributed by atoms with E-state index in [0.29, 0.717) is 47.0 Å². The number of fused-ring (bicyclic) bond motifs is 3. The van der Waals surface area contributed by atoms with E-state index in [0.717, 1.165) is 18.2 Å². The highest BCUT2D eigenvalue weighted by molar-refractivity contribution is 5.93. The molecule has 1 aromatic carbocycles. The number of amides is 1. The van der Waals surface area contributed by atoms with Gasteiger partial charge in [0.15, 0.2) is 11.5 Å². The highest BCUT2D eigenvalue weighted by Crippen LogP contribution is 2.24. The molecule has 3 heterocycles. The summed E-state index contributed by atoms with van der Waals surface area (Å²) in [6.45, 7) is 3.94. The van der Waals surface area contributed by atoms with Crippen LogP contribution in [0.15, 0.2) is 36.5 Å². The number of ether oxygens (including phenoxy) is 1. The van der Waals surface area contributed by atoms with Crippen molar-refractivity contribution in [2.45, 2.75) is 38.7 Å². The molecule has 1 amide bonds. The number of nitrogen functional groups attached to an aromatic ring is 1. The van der Waals surface area contributed by atoms with Crippen molar-refractivity contribution in [1.29, 1.82) is 0 Å². The molecule has 4 rings (SSSR count). The number of terminal acetylenes is 2. The number of benzene rings is 1. The van der Waals surface area contributed by atoms with Crippen molar-refractivity contribution in [2.75, 3.05) is 26.4 Å². The van der Waals surface area contributed by atoms with E-state index in [9.17, 15) is 9.90 Å². The van der Waals surface area contributed by atoms with E-state index in [4.69, 9.17) is 10.5 Å². The van der Waals surface area contributed by atoms with E-state index in [1.165, 1.54) is 6.20 Å². The summed E-state index contributed by atoms with van der Waals surface area (Å²) in [6.07, 6.45) is 19.8. The third-order valence-corrected chi connectivity index (χ3v) is 5.73. The van der Waals surface area contributed by atoms with Crippen molar-refractivity contribution in [3.05, 3.63) is 53.6 Å². The lowest BCUT2D eigenvalue weighted by molar-refractivity contribution is 0.0761. The number of unbranched alkanes of at least 4 members (excludes halogenated alkanes) is 1. The average molecular weight is 516 g/mol. The van der Waals surface area contributed by atoms with Gasteiger partial charge in [0.25, 0.3) is 5.91 Å². The van der Waals surface area contributed by atoms with Gasteiger partial charge in [-0.1, -0.05) is 6.07 Å². The fraction of sp³-hybridized carbons (Fsp3) is 0.321. The van der Waals surface area contributed by atoms with Gasteiger partial charge in [0.05, 0.1) is 18.2 Å². The van der Waals surface area contributed by atoms with Crippen LogP contribution in [0.5, 0.6) is 5.75 Å². The highest BCUT2D eigenvalue weighted by atomic mass is 16.5. The van der Waals surface area contributed by atoms with Crippen LogP contribution in [0.1, 0.15) is 48.6 Å². The van der Waals surface area contributed by atoms with Gasteiger partial charge in [-0.2, -0.15) is 4.52 Å². The van der Waals surface area contributed by atoms with Gasteiger partial charge in [0.1, 0.15) is 11.4 Å². The highest BCUT2D eigenvalue weighted by Gasteiger charge is 2.19. The number of nitrogens with two attached hydrogens (primary N) is 1. The van der Waals surface area contributed by atoms with Crippen LogP contribution >= 0.6 is 0 Å². The van der Waals surface area contributed by atoms with Gasteiger partial charge in [0, 0.05) is 43.2 Å². The Labute approximate surface area is 222 Å². The molecule has 0 aliphatic carbocycles. The van der Waals surface area contributed by atoms with Crippen LogP contribution in [0.2, 0.25) is 0 Å². The number of nitrogens with zero attached hydrogens (tertiary/aromatic N) is 6. The lowest BCUT2D eigenvalue weighted by Gasteiger charge is -2.19. The quantitative estimate of drug-likeness (QED) is 0.270. The van der Waals surface area contributed by atoms with E-state index >= 15 is 0 Å². The lowest BCUT2D eigenvalue weighted by atomic mass is 10.0. The molecule has 10 heteroatoms. The van der Waals surface area contributed by atoms with Crippen LogP contribution in [0.4, 0.5) is 5.95 Å². The zero-order valence-corrected chi connectivity index (χ0v) is 22.1. The van der Waals surface area contributed by atoms with Gasteiger partial charge in [0.2, 0.25) is 5.95 Å². The minimum atomic E-state index is -0.994. The Kier molecular flexibility index (Phi) is 10.1. The second-order valence-corrected chi connectivity index (χ2v) is 8.79. The zero-order valence-electron chi connectivity index (χ0n) is 22.1. The first-order valence-corrected chi connectivity index (χ1v) is 11.8. The fourth-order valence-electron chi connectivity index (χ4n) is 3.70. The topological polar surface area (TPSA) is 132 Å². The summed E-state index contributed by atoms with van der Waals surface area (Å²) in [5.74, 6) is 1.48. The maximum absolute atomic E-state index is 12.6. The van der Waals surface area contributed by atoms with E-state index in [1.54, 1.807) is 49.6 Å². The van der Waals surface area contributed by atoms with Crippen molar-refractivity contribution in [2.24, 2.45) is 0 Å². The van der Waals surface area contributed by atoms with Gasteiger partial charge in [-0.25, -0.2) is 9.97 Å². The number of rotatable bonds is 8. The molecule has 0 bridgehead atoms. The number of anilines is 1. The number of aliphatic hydroxyl groups is 1. The molecule has 10 nitrogen and oxygen atoms in total. The third-order valence-electron chi connectivity index (χ3n) is 5.73. The normalized spacial score (nSPS) is 10.7. The van der Waals surface area contributed by atoms with Gasteiger partial charge < -0.3 is 20.5 Å². The number of aromatic nitrogens is 5. The molecule has 0 spiro atoms. The number of hydrogen-bond acceptors (Lipinski definition) is 8. The summed E-state index contributed by atoms with van der Waals surface area (Å²) in [4.78, 5) is 27.6. The summed E-state index contributed by atoms with van der Waals surface area (Å²) >= 11 is 0. The van der Waals surface area contributed by atoms with Gasteiger partial charge in [-0.05, 0) is 44.9 Å². The molecule has 198 valence electrons. The lowest BCUT2D eigenvalue weighted by Crippen LogP contribution is -2.28. The largest absolute Gasteiger partial charge is 0.497 e. The number of aryl methyl sites for hydroxylation is 1. The van der Waals surface area contributed by atoms with Crippen LogP contribution in [-0.2, 0) is 12.0 Å². The van der Waals surface area contributed by atoms with Crippen molar-refractivity contribution < 1.29 is 14.6 Å². The SMILES string of the molecule is C#C.C#C.COc1ccc2c(c1)nc(N)n1nc(CCCCN(C)C(=O)c3ccc(C(C)(C)O)cn3)nc21. The Hall–Kier alpha value is -4.67. The van der Waals surface area contributed by atoms with Gasteiger partial charge in [-0.15, -0.1) is 30.8 Å². The van der Waals surface area contributed by atoms with Crippen molar-refractivity contribution >= 4 is 28.4 Å². The molecule has 0 unspecified atom stereocenters. The Morgan fingerprint density at radius 1 is 1.13 bits per heavy atom. The van der Waals surface area contributed by atoms with E-state index < -0.39 is 5.60 Å². The maximum Gasteiger partial charge on any atom is 0.272 e. The standard InChI is InChI=1S/C24H29N7O3.2C2H2/c1-24(2,33)15-8-11-18(26-14-15)22(32)30(3)12-6-5-7-20-28-21-17-10-9-16(34-4)13-19(17)27-23(25)31(21)29-20;2*1-2/h8-11,13-14,33H,5-7,12H2,1-4H3,(H2,25,27);2*1-2H. The Balaban J connectivity index is 0.00000121. The molecule has 38 heavy (non-hydrogen) atoms. The molecular weight excluding hydrogens is 482 g/mol. The monoisotopic (exact) mass is 515 g/mol. The van der Waals surface area contributed by atoms with Crippen molar-refractivity contribution in [1.82, 2.24) is 29.5 Å². The van der Waals surface area contributed by atoms with Crippen LogP contribution in [0.25, 0.3) is 16.6 Å². The maximum atomic E-state index is 12.6. The molecule has 0 aliphatic rings. The fourth-order valence-corrected chi connectivity index (χ4v) is 3.70. The predicted octanol–water partition coefficient (Wildman–Crippen LogP) is 3.08. The zero-order chi connectivity index (χ0) is 28.5. The Morgan fingerprint density at radius 2 is 1.84 bits per heavy atom. The van der Waals surface area contributed by atoms with E-state index in [-0.39, 0.29) is 11.9 Å². The van der Waals surface area contributed by atoms with Crippen LogP contribution in [0.3, 0.4) is 0 Å². The molecule has 3 N–H and O–H groups in total. The van der Waals surface area contributed by atoms with Crippen LogP contribution in [0, 0.1) is 25.7 Å². The number of pyridine rings is 1. The average Bonchev–Trinajstić information content (AvgIpc) is 3.37. The van der Waals surface area contributed by atoms with Crippen LogP contribution < -0.4 is 10.5 Å². The number of carbonyl (C=O) groups is 1. The Bertz CT molecular complexity index is 1410.